The summed E-state index contributed by atoms with van der Waals surface area (Å²) < 4.78 is 27.4. The van der Waals surface area contributed by atoms with Crippen molar-refractivity contribution in [2.75, 3.05) is 6.61 Å². The molecule has 0 fully saturated rings. The normalized spacial score (nSPS) is 16.5. The van der Waals surface area contributed by atoms with Crippen LogP contribution < -0.4 is 4.74 Å². The lowest BCUT2D eigenvalue weighted by atomic mass is 10.2. The third-order valence-electron chi connectivity index (χ3n) is 3.18. The van der Waals surface area contributed by atoms with Gasteiger partial charge < -0.3 is 14.9 Å². The first-order chi connectivity index (χ1) is 11.3. The number of carboxylic acid groups (broad SMARTS) is 1. The smallest absolute Gasteiger partial charge is 0.339 e. The SMILES string of the molecule is CCCOc1ccc(C(=O)O)c(O)c1.O=S1(=O)C2=CC(Cl)=C1C=C2. The number of phenols is 1. The van der Waals surface area contributed by atoms with Crippen LogP contribution in [0.3, 0.4) is 0 Å². The van der Waals surface area contributed by atoms with Crippen LogP contribution in [0.5, 0.6) is 11.5 Å². The Labute approximate surface area is 144 Å². The third-order valence-corrected chi connectivity index (χ3v) is 5.41. The van der Waals surface area contributed by atoms with Crippen molar-refractivity contribution in [2.45, 2.75) is 13.3 Å². The fourth-order valence-electron chi connectivity index (χ4n) is 2.00. The first-order valence-electron chi connectivity index (χ1n) is 7.01. The van der Waals surface area contributed by atoms with Gasteiger partial charge in [0.1, 0.15) is 17.1 Å². The van der Waals surface area contributed by atoms with Crippen molar-refractivity contribution in [3.63, 3.8) is 0 Å². The van der Waals surface area contributed by atoms with Crippen LogP contribution >= 0.6 is 11.6 Å². The van der Waals surface area contributed by atoms with Crippen molar-refractivity contribution < 1.29 is 28.2 Å². The highest BCUT2D eigenvalue weighted by molar-refractivity contribution is 8.00. The minimum Gasteiger partial charge on any atom is -0.507 e. The van der Waals surface area contributed by atoms with E-state index in [-0.39, 0.29) is 16.2 Å². The van der Waals surface area contributed by atoms with Crippen LogP contribution in [0.25, 0.3) is 0 Å². The van der Waals surface area contributed by atoms with Gasteiger partial charge in [-0.15, -0.1) is 0 Å². The summed E-state index contributed by atoms with van der Waals surface area (Å²) in [6, 6.07) is 4.15. The van der Waals surface area contributed by atoms with Crippen LogP contribution in [-0.2, 0) is 9.84 Å². The van der Waals surface area contributed by atoms with Crippen molar-refractivity contribution >= 4 is 27.4 Å². The topological polar surface area (TPSA) is 101 Å². The van der Waals surface area contributed by atoms with Crippen molar-refractivity contribution in [2.24, 2.45) is 0 Å². The molecule has 2 aliphatic heterocycles. The molecular formula is C16H15ClO6S. The second-order valence-electron chi connectivity index (χ2n) is 4.93. The lowest BCUT2D eigenvalue weighted by Crippen LogP contribution is -1.98. The molecule has 24 heavy (non-hydrogen) atoms. The number of sulfone groups is 1. The molecule has 1 aromatic carbocycles. The Bertz CT molecular complexity index is 865. The predicted molar refractivity (Wildman–Crippen MR) is 89.9 cm³/mol. The lowest BCUT2D eigenvalue weighted by Gasteiger charge is -2.05. The average Bonchev–Trinajstić information content (AvgIpc) is 2.92. The molecule has 3 rings (SSSR count). The van der Waals surface area contributed by atoms with Crippen LogP contribution in [0.15, 0.2) is 51.3 Å². The van der Waals surface area contributed by atoms with Gasteiger partial charge in [-0.1, -0.05) is 18.5 Å². The van der Waals surface area contributed by atoms with Gasteiger partial charge in [-0.3, -0.25) is 0 Å². The Balaban J connectivity index is 0.000000182. The fourth-order valence-corrected chi connectivity index (χ4v) is 3.88. The molecule has 6 nitrogen and oxygen atoms in total. The molecule has 8 heteroatoms. The average molecular weight is 371 g/mol. The van der Waals surface area contributed by atoms with Crippen molar-refractivity contribution in [1.82, 2.24) is 0 Å². The Kier molecular flexibility index (Phi) is 5.36. The molecule has 0 spiro atoms. The Morgan fingerprint density at radius 1 is 1.29 bits per heavy atom. The molecule has 0 radical (unpaired) electrons. The quantitative estimate of drug-likeness (QED) is 0.844. The number of carbonyl (C=O) groups is 1. The number of allylic oxidation sites excluding steroid dienone is 4. The second kappa shape index (κ2) is 7.11. The summed E-state index contributed by atoms with van der Waals surface area (Å²) in [5.74, 6) is -0.940. The van der Waals surface area contributed by atoms with Crippen LogP contribution in [0.4, 0.5) is 0 Å². The van der Waals surface area contributed by atoms with Gasteiger partial charge in [0.05, 0.1) is 21.4 Å². The number of fused-ring (bicyclic) bond motifs is 2. The Hall–Kier alpha value is -2.25. The van der Waals surface area contributed by atoms with Gasteiger partial charge in [0.25, 0.3) is 0 Å². The number of aromatic carboxylic acids is 1. The molecule has 0 unspecified atom stereocenters. The zero-order valence-electron chi connectivity index (χ0n) is 12.7. The monoisotopic (exact) mass is 370 g/mol. The number of rotatable bonds is 4. The zero-order valence-corrected chi connectivity index (χ0v) is 14.3. The van der Waals surface area contributed by atoms with Gasteiger partial charge in [0.15, 0.2) is 0 Å². The van der Waals surface area contributed by atoms with Gasteiger partial charge in [-0.05, 0) is 36.8 Å². The van der Waals surface area contributed by atoms with Gasteiger partial charge >= 0.3 is 5.97 Å². The third kappa shape index (κ3) is 3.63. The van der Waals surface area contributed by atoms with Gasteiger partial charge in [0.2, 0.25) is 9.84 Å². The lowest BCUT2D eigenvalue weighted by molar-refractivity contribution is 0.0693. The van der Waals surface area contributed by atoms with Gasteiger partial charge in [-0.25, -0.2) is 13.2 Å². The predicted octanol–water partition coefficient (Wildman–Crippen LogP) is 3.20. The van der Waals surface area contributed by atoms with E-state index in [1.807, 2.05) is 6.92 Å². The Morgan fingerprint density at radius 2 is 2.00 bits per heavy atom. The summed E-state index contributed by atoms with van der Waals surface area (Å²) >= 11 is 5.57. The van der Waals surface area contributed by atoms with E-state index >= 15 is 0 Å². The maximum Gasteiger partial charge on any atom is 0.339 e. The number of benzene rings is 1. The zero-order chi connectivity index (χ0) is 17.9. The summed E-state index contributed by atoms with van der Waals surface area (Å²) in [7, 11) is -3.14. The maximum absolute atomic E-state index is 11.1. The highest BCUT2D eigenvalue weighted by Crippen LogP contribution is 2.38. The summed E-state index contributed by atoms with van der Waals surface area (Å²) in [5.41, 5.74) is -0.117. The maximum atomic E-state index is 11.1. The largest absolute Gasteiger partial charge is 0.507 e. The van der Waals surface area contributed by atoms with E-state index < -0.39 is 15.8 Å². The second-order valence-corrected chi connectivity index (χ2v) is 7.25. The molecule has 2 heterocycles. The highest BCUT2D eigenvalue weighted by Gasteiger charge is 2.32. The molecule has 0 amide bonds. The molecule has 0 atom stereocenters. The summed E-state index contributed by atoms with van der Waals surface area (Å²) in [6.07, 6.45) is 5.40. The van der Waals surface area contributed by atoms with Crippen LogP contribution in [0.1, 0.15) is 23.7 Å². The number of hydrogen-bond acceptors (Lipinski definition) is 5. The number of ether oxygens (including phenoxy) is 1. The molecule has 0 aliphatic carbocycles. The number of halogens is 1. The molecule has 0 saturated carbocycles. The van der Waals surface area contributed by atoms with E-state index in [1.54, 1.807) is 6.08 Å². The van der Waals surface area contributed by atoms with E-state index in [2.05, 4.69) is 0 Å². The molecule has 2 bridgehead atoms. The van der Waals surface area contributed by atoms with Crippen LogP contribution in [-0.4, -0.2) is 31.2 Å². The number of hydrogen-bond donors (Lipinski definition) is 2. The van der Waals surface area contributed by atoms with E-state index in [0.29, 0.717) is 22.3 Å². The molecule has 0 aromatic heterocycles. The van der Waals surface area contributed by atoms with E-state index in [0.717, 1.165) is 6.42 Å². The molecular weight excluding hydrogens is 356 g/mol. The van der Waals surface area contributed by atoms with Crippen LogP contribution in [0.2, 0.25) is 0 Å². The number of aromatic hydroxyl groups is 1. The molecule has 2 N–H and O–H groups in total. The number of carboxylic acids is 1. The van der Waals surface area contributed by atoms with E-state index in [1.165, 1.54) is 30.4 Å². The van der Waals surface area contributed by atoms with Crippen molar-refractivity contribution in [3.05, 3.63) is 56.8 Å². The molecule has 1 aromatic rings. The highest BCUT2D eigenvalue weighted by atomic mass is 35.5. The first-order valence-corrected chi connectivity index (χ1v) is 8.87. The first kappa shape index (κ1) is 18.1. The summed E-state index contributed by atoms with van der Waals surface area (Å²) in [5, 5.41) is 18.3. The Morgan fingerprint density at radius 3 is 2.38 bits per heavy atom. The van der Waals surface area contributed by atoms with Gasteiger partial charge in [0, 0.05) is 6.07 Å². The molecule has 2 aliphatic rings. The minimum atomic E-state index is -3.14. The molecule has 128 valence electrons. The molecule has 0 saturated heterocycles. The van der Waals surface area contributed by atoms with Gasteiger partial charge in [-0.2, -0.15) is 0 Å². The standard InChI is InChI=1S/C10H12O4.C6H3ClO2S/c1-2-5-14-7-3-4-8(10(12)13)9(11)6-7;7-5-3-4-1-2-6(5)10(4,8)9/h3-4,6,11H,2,5H2,1H3,(H,12,13);1-3H. The van der Waals surface area contributed by atoms with Crippen molar-refractivity contribution in [1.29, 1.82) is 0 Å². The summed E-state index contributed by atoms with van der Waals surface area (Å²) in [6.45, 7) is 2.51. The fraction of sp³-hybridized carbons (Fsp3) is 0.188. The van der Waals surface area contributed by atoms with E-state index in [9.17, 15) is 18.3 Å². The van der Waals surface area contributed by atoms with Crippen LogP contribution in [0, 0.1) is 0 Å². The summed E-state index contributed by atoms with van der Waals surface area (Å²) in [4.78, 5) is 11.1. The van der Waals surface area contributed by atoms with E-state index in [4.69, 9.17) is 21.4 Å². The minimum absolute atomic E-state index is 0.117. The van der Waals surface area contributed by atoms with Crippen molar-refractivity contribution in [3.8, 4) is 11.5 Å².